The Morgan fingerprint density at radius 3 is 2.33 bits per heavy atom. The summed E-state index contributed by atoms with van der Waals surface area (Å²) in [5.41, 5.74) is 8.97. The molecule has 0 spiro atoms. The first-order valence-electron chi connectivity index (χ1n) is 13.5. The lowest BCUT2D eigenvalue weighted by atomic mass is 10.00. The molecule has 0 unspecified atom stereocenters. The molecule has 0 saturated carbocycles. The van der Waals surface area contributed by atoms with Crippen molar-refractivity contribution in [3.8, 4) is 33.6 Å². The van der Waals surface area contributed by atoms with Crippen LogP contribution in [0.25, 0.3) is 44.7 Å². The number of amides is 2. The van der Waals surface area contributed by atoms with E-state index in [0.29, 0.717) is 13.1 Å². The molecule has 5 aromatic rings. The monoisotopic (exact) mass is 521 g/mol. The molecule has 0 aliphatic heterocycles. The van der Waals surface area contributed by atoms with E-state index in [9.17, 15) is 4.79 Å². The molecule has 0 aliphatic rings. The second-order valence-corrected chi connectivity index (χ2v) is 9.46. The molecule has 3 aromatic heterocycles. The predicted molar refractivity (Wildman–Crippen MR) is 159 cm³/mol. The summed E-state index contributed by atoms with van der Waals surface area (Å²) in [7, 11) is 1.95. The van der Waals surface area contributed by atoms with Gasteiger partial charge in [0, 0.05) is 66.5 Å². The summed E-state index contributed by atoms with van der Waals surface area (Å²) in [5, 5.41) is 12.1. The fourth-order valence-electron chi connectivity index (χ4n) is 4.84. The van der Waals surface area contributed by atoms with E-state index in [-0.39, 0.29) is 6.03 Å². The zero-order valence-electron chi connectivity index (χ0n) is 23.0. The standard InChI is InChI=1S/C31H35N7O/c1-5-37(6-2)31(39)34-24-14-12-23(13-15-24)29-27(20-38(7-3)36-29)25-16-17-33-30-26(25)18-28(35-30)22-10-8-21(9-11-22)19-32-4/h8-18,20,32H,5-7,19H2,1-4H3,(H,33,35)(H,34,39). The number of carbonyl (C=O) groups is 1. The number of nitrogens with one attached hydrogen (secondary N) is 3. The second kappa shape index (κ2) is 11.5. The highest BCUT2D eigenvalue weighted by atomic mass is 16.2. The Kier molecular flexibility index (Phi) is 7.74. The zero-order chi connectivity index (χ0) is 27.4. The van der Waals surface area contributed by atoms with Crippen LogP contribution in [0.4, 0.5) is 10.5 Å². The zero-order valence-corrected chi connectivity index (χ0v) is 23.0. The van der Waals surface area contributed by atoms with Gasteiger partial charge in [0.05, 0.1) is 0 Å². The quantitative estimate of drug-likeness (QED) is 0.210. The lowest BCUT2D eigenvalue weighted by Gasteiger charge is -2.19. The maximum atomic E-state index is 12.5. The molecule has 3 N–H and O–H groups in total. The Hall–Kier alpha value is -4.43. The SMILES string of the molecule is CCN(CC)C(=O)Nc1ccc(-c2nn(CC)cc2-c2ccnc3[nH]c(-c4ccc(CNC)cc4)cc23)cc1. The molecule has 2 aromatic carbocycles. The minimum atomic E-state index is -0.0946. The Bertz CT molecular complexity index is 1560. The number of aryl methyl sites for hydroxylation is 1. The van der Waals surface area contributed by atoms with Crippen LogP contribution in [-0.4, -0.2) is 50.8 Å². The highest BCUT2D eigenvalue weighted by Gasteiger charge is 2.18. The molecule has 8 heteroatoms. The predicted octanol–water partition coefficient (Wildman–Crippen LogP) is 6.37. The van der Waals surface area contributed by atoms with Crippen LogP contribution in [0.15, 0.2) is 73.1 Å². The molecule has 5 rings (SSSR count). The minimum Gasteiger partial charge on any atom is -0.339 e. The van der Waals surface area contributed by atoms with E-state index in [0.717, 1.165) is 63.5 Å². The number of nitrogens with zero attached hydrogens (tertiary/aromatic N) is 4. The van der Waals surface area contributed by atoms with E-state index in [1.807, 2.05) is 56.0 Å². The highest BCUT2D eigenvalue weighted by Crippen LogP contribution is 2.37. The number of aromatic amines is 1. The van der Waals surface area contributed by atoms with Crippen LogP contribution in [-0.2, 0) is 13.1 Å². The summed E-state index contributed by atoms with van der Waals surface area (Å²) in [6.45, 7) is 8.97. The van der Waals surface area contributed by atoms with Crippen LogP contribution in [0.2, 0.25) is 0 Å². The molecule has 2 amide bonds. The van der Waals surface area contributed by atoms with Crippen molar-refractivity contribution in [2.24, 2.45) is 0 Å². The number of carbonyl (C=O) groups excluding carboxylic acids is 1. The maximum absolute atomic E-state index is 12.5. The van der Waals surface area contributed by atoms with Crippen molar-refractivity contribution in [1.29, 1.82) is 0 Å². The first kappa shape index (κ1) is 26.2. The van der Waals surface area contributed by atoms with Gasteiger partial charge in [-0.1, -0.05) is 36.4 Å². The van der Waals surface area contributed by atoms with Crippen molar-refractivity contribution in [2.45, 2.75) is 33.9 Å². The van der Waals surface area contributed by atoms with Gasteiger partial charge in [-0.15, -0.1) is 0 Å². The second-order valence-electron chi connectivity index (χ2n) is 9.46. The van der Waals surface area contributed by atoms with Crippen LogP contribution < -0.4 is 10.6 Å². The Morgan fingerprint density at radius 1 is 0.949 bits per heavy atom. The average Bonchev–Trinajstić information content (AvgIpc) is 3.59. The summed E-state index contributed by atoms with van der Waals surface area (Å²) in [5.74, 6) is 0. The molecule has 3 heterocycles. The normalized spacial score (nSPS) is 11.2. The summed E-state index contributed by atoms with van der Waals surface area (Å²) in [6.07, 6.45) is 3.94. The largest absolute Gasteiger partial charge is 0.339 e. The van der Waals surface area contributed by atoms with Crippen molar-refractivity contribution < 1.29 is 4.79 Å². The van der Waals surface area contributed by atoms with Crippen LogP contribution in [0, 0.1) is 0 Å². The van der Waals surface area contributed by atoms with Gasteiger partial charge in [0.2, 0.25) is 0 Å². The van der Waals surface area contributed by atoms with Crippen molar-refractivity contribution in [1.82, 2.24) is 30.0 Å². The van der Waals surface area contributed by atoms with E-state index in [1.165, 1.54) is 5.56 Å². The Labute approximate surface area is 229 Å². The maximum Gasteiger partial charge on any atom is 0.321 e. The number of benzene rings is 2. The molecule has 0 bridgehead atoms. The molecule has 0 atom stereocenters. The number of fused-ring (bicyclic) bond motifs is 1. The van der Waals surface area contributed by atoms with Crippen molar-refractivity contribution >= 4 is 22.8 Å². The van der Waals surface area contributed by atoms with Crippen molar-refractivity contribution in [3.05, 3.63) is 78.6 Å². The van der Waals surface area contributed by atoms with Gasteiger partial charge in [0.1, 0.15) is 11.3 Å². The lowest BCUT2D eigenvalue weighted by Crippen LogP contribution is -2.34. The number of rotatable bonds is 9. The van der Waals surface area contributed by atoms with Gasteiger partial charge in [-0.2, -0.15) is 5.10 Å². The lowest BCUT2D eigenvalue weighted by molar-refractivity contribution is 0.217. The van der Waals surface area contributed by atoms with Gasteiger partial charge in [-0.3, -0.25) is 4.68 Å². The summed E-state index contributed by atoms with van der Waals surface area (Å²) in [4.78, 5) is 22.3. The van der Waals surface area contributed by atoms with Crippen LogP contribution in [0.1, 0.15) is 26.3 Å². The number of H-pyrrole nitrogens is 1. The van der Waals surface area contributed by atoms with Gasteiger partial charge in [-0.05, 0) is 68.8 Å². The smallest absolute Gasteiger partial charge is 0.321 e. The molecule has 0 radical (unpaired) electrons. The van der Waals surface area contributed by atoms with Gasteiger partial charge in [0.15, 0.2) is 0 Å². The fraction of sp³-hybridized carbons (Fsp3) is 0.258. The van der Waals surface area contributed by atoms with E-state index in [4.69, 9.17) is 5.10 Å². The van der Waals surface area contributed by atoms with Crippen LogP contribution in [0.5, 0.6) is 0 Å². The molecular weight excluding hydrogens is 486 g/mol. The molecular formula is C31H35N7O. The van der Waals surface area contributed by atoms with E-state index < -0.39 is 0 Å². The van der Waals surface area contributed by atoms with E-state index in [2.05, 4.69) is 70.1 Å². The third kappa shape index (κ3) is 5.42. The number of anilines is 1. The summed E-state index contributed by atoms with van der Waals surface area (Å²) >= 11 is 0. The number of urea groups is 1. The van der Waals surface area contributed by atoms with E-state index in [1.54, 1.807) is 4.90 Å². The highest BCUT2D eigenvalue weighted by molar-refractivity contribution is 5.99. The third-order valence-corrected chi connectivity index (χ3v) is 7.01. The number of aromatic nitrogens is 4. The molecule has 39 heavy (non-hydrogen) atoms. The van der Waals surface area contributed by atoms with Crippen molar-refractivity contribution in [3.63, 3.8) is 0 Å². The number of hydrogen-bond donors (Lipinski definition) is 3. The Morgan fingerprint density at radius 2 is 1.67 bits per heavy atom. The number of hydrogen-bond acceptors (Lipinski definition) is 4. The molecule has 200 valence electrons. The van der Waals surface area contributed by atoms with Crippen LogP contribution >= 0.6 is 0 Å². The minimum absolute atomic E-state index is 0.0946. The molecule has 0 aliphatic carbocycles. The number of pyridine rings is 1. The fourth-order valence-corrected chi connectivity index (χ4v) is 4.84. The summed E-state index contributed by atoms with van der Waals surface area (Å²) < 4.78 is 1.96. The molecule has 0 saturated heterocycles. The van der Waals surface area contributed by atoms with Gasteiger partial charge in [0.25, 0.3) is 0 Å². The first-order chi connectivity index (χ1) is 19.0. The van der Waals surface area contributed by atoms with Gasteiger partial charge < -0.3 is 20.5 Å². The van der Waals surface area contributed by atoms with Crippen LogP contribution in [0.3, 0.4) is 0 Å². The average molecular weight is 522 g/mol. The van der Waals surface area contributed by atoms with Gasteiger partial charge >= 0.3 is 6.03 Å². The van der Waals surface area contributed by atoms with E-state index >= 15 is 0 Å². The Balaban J connectivity index is 1.50. The third-order valence-electron chi connectivity index (χ3n) is 7.01. The molecule has 0 fully saturated rings. The van der Waals surface area contributed by atoms with Crippen molar-refractivity contribution in [2.75, 3.05) is 25.5 Å². The molecule has 8 nitrogen and oxygen atoms in total. The topological polar surface area (TPSA) is 90.9 Å². The summed E-state index contributed by atoms with van der Waals surface area (Å²) in [6, 6.07) is 20.6. The first-order valence-corrected chi connectivity index (χ1v) is 13.5. The van der Waals surface area contributed by atoms with Gasteiger partial charge in [-0.25, -0.2) is 9.78 Å².